The smallest absolute Gasteiger partial charge is 0.255 e. The van der Waals surface area contributed by atoms with E-state index in [1.54, 1.807) is 0 Å². The van der Waals surface area contributed by atoms with E-state index in [9.17, 15) is 45.0 Å². The number of halogens is 1. The van der Waals surface area contributed by atoms with Crippen LogP contribution >= 0.6 is 11.6 Å². The minimum absolute atomic E-state index is 0.0992. The lowest BCUT2D eigenvalue weighted by atomic mass is 9.56. The number of benzene rings is 1. The molecule has 0 aliphatic heterocycles. The molecule has 0 bridgehead atoms. The van der Waals surface area contributed by atoms with Gasteiger partial charge in [0.25, 0.3) is 5.91 Å². The fourth-order valence-corrected chi connectivity index (χ4v) is 5.56. The summed E-state index contributed by atoms with van der Waals surface area (Å²) >= 11 is 6.14. The Bertz CT molecular complexity index is 1190. The van der Waals surface area contributed by atoms with Crippen molar-refractivity contribution in [2.75, 3.05) is 14.1 Å². The fourth-order valence-electron chi connectivity index (χ4n) is 5.29. The standard InChI is InChI=1S/C21H21ClN2O9/c1-24(2)13-12-16(28)9-10(15(27)8-6(25)4-3-5(22)7(8)14(9)26)18(30)21(12,33)19(31)11(17(13)29)20(23)32/h3-4,9,12-14,16,25-26,28-30,33H,1-2H3,(H2,23,32). The Morgan fingerprint density at radius 1 is 1.15 bits per heavy atom. The Kier molecular flexibility index (Phi) is 5.11. The zero-order valence-electron chi connectivity index (χ0n) is 17.4. The maximum absolute atomic E-state index is 13.3. The van der Waals surface area contributed by atoms with Gasteiger partial charge in [-0.3, -0.25) is 19.3 Å². The molecule has 8 N–H and O–H groups in total. The first-order valence-corrected chi connectivity index (χ1v) is 10.2. The number of hydrogen-bond acceptors (Lipinski definition) is 10. The predicted molar refractivity (Wildman–Crippen MR) is 111 cm³/mol. The number of rotatable bonds is 2. The molecular formula is C21H21ClN2O9. The lowest BCUT2D eigenvalue weighted by Gasteiger charge is -2.53. The highest BCUT2D eigenvalue weighted by Gasteiger charge is 2.67. The van der Waals surface area contributed by atoms with Crippen LogP contribution in [0.1, 0.15) is 22.0 Å². The highest BCUT2D eigenvalue weighted by molar-refractivity contribution is 6.33. The van der Waals surface area contributed by atoms with E-state index >= 15 is 0 Å². The number of amides is 1. The van der Waals surface area contributed by atoms with Crippen LogP contribution in [0.5, 0.6) is 5.75 Å². The van der Waals surface area contributed by atoms with Gasteiger partial charge in [0, 0.05) is 22.1 Å². The molecule has 1 aromatic carbocycles. The van der Waals surface area contributed by atoms with Crippen LogP contribution in [0, 0.1) is 11.8 Å². The van der Waals surface area contributed by atoms with Gasteiger partial charge in [-0.05, 0) is 26.2 Å². The summed E-state index contributed by atoms with van der Waals surface area (Å²) in [5.41, 5.74) is -0.210. The van der Waals surface area contributed by atoms with Crippen LogP contribution in [0.25, 0.3) is 0 Å². The lowest BCUT2D eigenvalue weighted by Crippen LogP contribution is -2.68. The Balaban J connectivity index is 2.08. The molecule has 33 heavy (non-hydrogen) atoms. The molecule has 0 heterocycles. The molecule has 6 unspecified atom stereocenters. The van der Waals surface area contributed by atoms with Gasteiger partial charge in [-0.2, -0.15) is 0 Å². The number of primary amides is 1. The Labute approximate surface area is 191 Å². The second kappa shape index (κ2) is 7.27. The summed E-state index contributed by atoms with van der Waals surface area (Å²) in [7, 11) is 2.82. The Morgan fingerprint density at radius 3 is 2.30 bits per heavy atom. The SMILES string of the molecule is CN(C)C1C(O)=C(C(N)=O)C(=O)C2(O)C(O)=C3C(=O)c4c(O)ccc(Cl)c4C(O)C3C(O)C12. The zero-order chi connectivity index (χ0) is 24.7. The third-order valence-corrected chi connectivity index (χ3v) is 7.03. The number of likely N-dealkylation sites (N-methyl/N-ethyl adjacent to an activating group) is 1. The fraction of sp³-hybridized carbons (Fsp3) is 0.381. The minimum atomic E-state index is -3.04. The maximum Gasteiger partial charge on any atom is 0.255 e. The maximum atomic E-state index is 13.3. The summed E-state index contributed by atoms with van der Waals surface area (Å²) in [5, 5.41) is 65.7. The van der Waals surface area contributed by atoms with E-state index in [1.165, 1.54) is 25.1 Å². The van der Waals surface area contributed by atoms with Gasteiger partial charge >= 0.3 is 0 Å². The van der Waals surface area contributed by atoms with Crippen molar-refractivity contribution in [1.29, 1.82) is 0 Å². The third-order valence-electron chi connectivity index (χ3n) is 6.70. The molecule has 1 amide bonds. The van der Waals surface area contributed by atoms with Crippen LogP contribution in [0.2, 0.25) is 5.02 Å². The molecule has 0 saturated carbocycles. The Morgan fingerprint density at radius 2 is 1.76 bits per heavy atom. The number of nitrogens with zero attached hydrogens (tertiary/aromatic N) is 1. The molecule has 0 saturated heterocycles. The van der Waals surface area contributed by atoms with Crippen molar-refractivity contribution < 1.29 is 45.0 Å². The summed E-state index contributed by atoms with van der Waals surface area (Å²) in [6.45, 7) is 0. The van der Waals surface area contributed by atoms with Crippen LogP contribution in [0.4, 0.5) is 0 Å². The van der Waals surface area contributed by atoms with E-state index in [-0.39, 0.29) is 10.6 Å². The third kappa shape index (κ3) is 2.74. The number of aliphatic hydroxyl groups is 5. The summed E-state index contributed by atoms with van der Waals surface area (Å²) < 4.78 is 0. The molecule has 0 fully saturated rings. The van der Waals surface area contributed by atoms with Gasteiger partial charge in [-0.1, -0.05) is 11.6 Å². The molecular weight excluding hydrogens is 460 g/mol. The molecule has 1 aromatic rings. The van der Waals surface area contributed by atoms with Gasteiger partial charge in [-0.15, -0.1) is 0 Å². The monoisotopic (exact) mass is 480 g/mol. The number of fused-ring (bicyclic) bond motifs is 3. The van der Waals surface area contributed by atoms with Crippen LogP contribution in [-0.4, -0.2) is 84.9 Å². The van der Waals surface area contributed by atoms with Gasteiger partial charge in [0.05, 0.1) is 29.7 Å². The van der Waals surface area contributed by atoms with Gasteiger partial charge in [0.2, 0.25) is 5.78 Å². The quantitative estimate of drug-likeness (QED) is 0.263. The lowest BCUT2D eigenvalue weighted by molar-refractivity contribution is -0.166. The van der Waals surface area contributed by atoms with Crippen molar-refractivity contribution in [3.05, 3.63) is 50.9 Å². The Hall–Kier alpha value is -2.96. The predicted octanol–water partition coefficient (Wildman–Crippen LogP) is -0.764. The molecule has 4 rings (SSSR count). The van der Waals surface area contributed by atoms with Crippen molar-refractivity contribution in [1.82, 2.24) is 4.90 Å². The average Bonchev–Trinajstić information content (AvgIpc) is 2.72. The molecule has 176 valence electrons. The summed E-state index contributed by atoms with van der Waals surface area (Å²) in [6, 6.07) is 0.893. The molecule has 3 aliphatic carbocycles. The van der Waals surface area contributed by atoms with E-state index in [0.29, 0.717) is 0 Å². The number of carbonyl (C=O) groups excluding carboxylic acids is 3. The first kappa shape index (κ1) is 23.2. The highest BCUT2D eigenvalue weighted by Crippen LogP contribution is 2.55. The van der Waals surface area contributed by atoms with E-state index in [0.717, 1.165) is 6.07 Å². The normalized spacial score (nSPS) is 33.7. The summed E-state index contributed by atoms with van der Waals surface area (Å²) in [5.74, 6) is -9.95. The molecule has 0 spiro atoms. The molecule has 6 atom stereocenters. The minimum Gasteiger partial charge on any atom is -0.510 e. The van der Waals surface area contributed by atoms with E-state index in [2.05, 4.69) is 0 Å². The summed E-state index contributed by atoms with van der Waals surface area (Å²) in [4.78, 5) is 39.7. The summed E-state index contributed by atoms with van der Waals surface area (Å²) in [6.07, 6.45) is -3.64. The second-order valence-electron chi connectivity index (χ2n) is 8.56. The van der Waals surface area contributed by atoms with E-state index < -0.39 is 87.1 Å². The van der Waals surface area contributed by atoms with Gasteiger partial charge in [0.15, 0.2) is 11.4 Å². The van der Waals surface area contributed by atoms with E-state index in [4.69, 9.17) is 17.3 Å². The van der Waals surface area contributed by atoms with Gasteiger partial charge < -0.3 is 36.4 Å². The number of aliphatic hydroxyl groups excluding tert-OH is 4. The van der Waals surface area contributed by atoms with E-state index in [1.807, 2.05) is 0 Å². The first-order chi connectivity index (χ1) is 15.3. The number of phenolic OH excluding ortho intramolecular Hbond substituents is 1. The van der Waals surface area contributed by atoms with Crippen molar-refractivity contribution in [3.8, 4) is 5.75 Å². The van der Waals surface area contributed by atoms with Crippen molar-refractivity contribution >= 4 is 29.1 Å². The zero-order valence-corrected chi connectivity index (χ0v) is 18.1. The largest absolute Gasteiger partial charge is 0.510 e. The van der Waals surface area contributed by atoms with Crippen LogP contribution in [-0.2, 0) is 9.59 Å². The van der Waals surface area contributed by atoms with Gasteiger partial charge in [-0.25, -0.2) is 0 Å². The molecule has 0 aromatic heterocycles. The number of carbonyl (C=O) groups is 3. The average molecular weight is 481 g/mol. The number of Topliss-reactive ketones (excluding diaryl/α,β-unsaturated/α-hetero) is 2. The van der Waals surface area contributed by atoms with Crippen LogP contribution in [0.3, 0.4) is 0 Å². The number of aromatic hydroxyl groups is 1. The highest BCUT2D eigenvalue weighted by atomic mass is 35.5. The first-order valence-electron chi connectivity index (χ1n) is 9.80. The number of phenols is 1. The van der Waals surface area contributed by atoms with Crippen LogP contribution in [0.15, 0.2) is 34.8 Å². The second-order valence-corrected chi connectivity index (χ2v) is 8.97. The topological polar surface area (TPSA) is 202 Å². The van der Waals surface area contributed by atoms with Crippen molar-refractivity contribution in [3.63, 3.8) is 0 Å². The van der Waals surface area contributed by atoms with Crippen molar-refractivity contribution in [2.45, 2.75) is 23.9 Å². The molecule has 11 nitrogen and oxygen atoms in total. The molecule has 0 radical (unpaired) electrons. The van der Waals surface area contributed by atoms with Crippen LogP contribution < -0.4 is 5.73 Å². The van der Waals surface area contributed by atoms with Crippen molar-refractivity contribution in [2.24, 2.45) is 17.6 Å². The number of ketones is 2. The number of nitrogens with two attached hydrogens (primary N) is 1. The van der Waals surface area contributed by atoms with Gasteiger partial charge in [0.1, 0.15) is 22.8 Å². The molecule has 12 heteroatoms. The number of hydrogen-bond donors (Lipinski definition) is 7. The molecule has 3 aliphatic rings.